The van der Waals surface area contributed by atoms with Gasteiger partial charge in [-0.05, 0) is 37.6 Å². The lowest BCUT2D eigenvalue weighted by Crippen LogP contribution is -2.30. The molecule has 0 saturated heterocycles. The van der Waals surface area contributed by atoms with Gasteiger partial charge >= 0.3 is 0 Å². The van der Waals surface area contributed by atoms with Crippen LogP contribution in [0.25, 0.3) is 0 Å². The topological polar surface area (TPSA) is 50.4 Å². The van der Waals surface area contributed by atoms with E-state index in [1.165, 1.54) is 5.57 Å². The van der Waals surface area contributed by atoms with Crippen LogP contribution in [0.4, 0.5) is 0 Å². The highest BCUT2D eigenvalue weighted by atomic mass is 35.5. The summed E-state index contributed by atoms with van der Waals surface area (Å²) in [6, 6.07) is 7.85. The van der Waals surface area contributed by atoms with Crippen molar-refractivity contribution in [3.05, 3.63) is 41.5 Å². The summed E-state index contributed by atoms with van der Waals surface area (Å²) in [7, 11) is 0. The van der Waals surface area contributed by atoms with Crippen LogP contribution < -0.4 is 15.4 Å². The van der Waals surface area contributed by atoms with E-state index in [0.717, 1.165) is 30.8 Å². The molecule has 0 aromatic heterocycles. The average molecular weight is 311 g/mol. The van der Waals surface area contributed by atoms with Crippen molar-refractivity contribution in [1.29, 1.82) is 0 Å². The van der Waals surface area contributed by atoms with E-state index in [1.54, 1.807) is 0 Å². The van der Waals surface area contributed by atoms with Crippen LogP contribution >= 0.6 is 12.4 Å². The van der Waals surface area contributed by atoms with Crippen molar-refractivity contribution in [1.82, 2.24) is 10.6 Å². The van der Waals surface area contributed by atoms with Crippen molar-refractivity contribution in [2.45, 2.75) is 19.8 Å². The number of carbonyl (C=O) groups excluding carboxylic acids is 1. The fraction of sp³-hybridized carbons (Fsp3) is 0.438. The molecule has 1 amide bonds. The highest BCUT2D eigenvalue weighted by Crippen LogP contribution is 2.12. The summed E-state index contributed by atoms with van der Waals surface area (Å²) in [6.07, 6.45) is 3.55. The zero-order valence-corrected chi connectivity index (χ0v) is 13.2. The van der Waals surface area contributed by atoms with Gasteiger partial charge in [-0.1, -0.05) is 23.8 Å². The number of halogens is 1. The van der Waals surface area contributed by atoms with Crippen LogP contribution in [0.2, 0.25) is 0 Å². The van der Waals surface area contributed by atoms with E-state index >= 15 is 0 Å². The molecule has 1 aliphatic rings. The zero-order chi connectivity index (χ0) is 14.2. The first-order chi connectivity index (χ1) is 9.74. The molecule has 116 valence electrons. The lowest BCUT2D eigenvalue weighted by Gasteiger charge is -2.14. The number of aryl methyl sites for hydroxylation is 1. The van der Waals surface area contributed by atoms with Crippen LogP contribution in [-0.2, 0) is 4.79 Å². The first kappa shape index (κ1) is 17.5. The Kier molecular flexibility index (Phi) is 7.87. The fourth-order valence-corrected chi connectivity index (χ4v) is 2.10. The number of nitrogens with one attached hydrogen (secondary N) is 2. The molecule has 5 heteroatoms. The molecule has 2 rings (SSSR count). The maximum atomic E-state index is 11.7. The van der Waals surface area contributed by atoms with E-state index in [-0.39, 0.29) is 18.3 Å². The fourth-order valence-electron chi connectivity index (χ4n) is 2.10. The number of hydrogen-bond acceptors (Lipinski definition) is 3. The molecule has 1 heterocycles. The van der Waals surface area contributed by atoms with Crippen LogP contribution in [0.15, 0.2) is 35.9 Å². The predicted octanol–water partition coefficient (Wildman–Crippen LogP) is 2.22. The molecular formula is C16H23ClN2O2. The van der Waals surface area contributed by atoms with Gasteiger partial charge in [-0.3, -0.25) is 4.79 Å². The molecule has 0 spiro atoms. The number of benzene rings is 1. The normalized spacial score (nSPS) is 13.9. The molecule has 4 nitrogen and oxygen atoms in total. The Morgan fingerprint density at radius 1 is 1.43 bits per heavy atom. The Bertz CT molecular complexity index is 489. The van der Waals surface area contributed by atoms with Crippen LogP contribution in [0.3, 0.4) is 0 Å². The summed E-state index contributed by atoms with van der Waals surface area (Å²) in [5, 5.41) is 6.19. The van der Waals surface area contributed by atoms with Gasteiger partial charge in [0.1, 0.15) is 5.75 Å². The van der Waals surface area contributed by atoms with Crippen molar-refractivity contribution >= 4 is 18.3 Å². The molecule has 0 bridgehead atoms. The quantitative estimate of drug-likeness (QED) is 0.792. The summed E-state index contributed by atoms with van der Waals surface area (Å²) in [5.41, 5.74) is 2.46. The van der Waals surface area contributed by atoms with Crippen LogP contribution in [-0.4, -0.2) is 32.1 Å². The van der Waals surface area contributed by atoms with E-state index < -0.39 is 0 Å². The maximum absolute atomic E-state index is 11.7. The van der Waals surface area contributed by atoms with Crippen molar-refractivity contribution in [3.8, 4) is 5.75 Å². The highest BCUT2D eigenvalue weighted by molar-refractivity contribution is 5.85. The second-order valence-corrected chi connectivity index (χ2v) is 5.01. The third-order valence-electron chi connectivity index (χ3n) is 3.26. The van der Waals surface area contributed by atoms with Gasteiger partial charge in [0, 0.05) is 13.1 Å². The number of hydrogen-bond donors (Lipinski definition) is 2. The minimum atomic E-state index is 0. The smallest absolute Gasteiger partial charge is 0.223 e. The maximum Gasteiger partial charge on any atom is 0.223 e. The van der Waals surface area contributed by atoms with Gasteiger partial charge in [0.25, 0.3) is 0 Å². The molecule has 1 aromatic rings. The van der Waals surface area contributed by atoms with Gasteiger partial charge in [0.2, 0.25) is 5.91 Å². The molecule has 2 N–H and O–H groups in total. The third kappa shape index (κ3) is 6.65. The first-order valence-electron chi connectivity index (χ1n) is 7.09. The lowest BCUT2D eigenvalue weighted by molar-refractivity contribution is -0.121. The van der Waals surface area contributed by atoms with Crippen LogP contribution in [0.1, 0.15) is 18.4 Å². The molecule has 0 aliphatic carbocycles. The number of ether oxygens (including phenoxy) is 1. The molecule has 1 aliphatic heterocycles. The van der Waals surface area contributed by atoms with Crippen molar-refractivity contribution in [2.75, 3.05) is 26.2 Å². The SMILES string of the molecule is Cc1cccc(OCCC(=O)NCC2=CCNCC2)c1.Cl. The first-order valence-corrected chi connectivity index (χ1v) is 7.09. The Morgan fingerprint density at radius 2 is 2.29 bits per heavy atom. The van der Waals surface area contributed by atoms with Crippen molar-refractivity contribution < 1.29 is 9.53 Å². The van der Waals surface area contributed by atoms with E-state index in [9.17, 15) is 4.79 Å². The Hall–Kier alpha value is -1.52. The number of carbonyl (C=O) groups is 1. The van der Waals surface area contributed by atoms with Crippen molar-refractivity contribution in [3.63, 3.8) is 0 Å². The predicted molar refractivity (Wildman–Crippen MR) is 87.1 cm³/mol. The van der Waals surface area contributed by atoms with Gasteiger partial charge in [0.05, 0.1) is 13.0 Å². The zero-order valence-electron chi connectivity index (χ0n) is 12.4. The minimum Gasteiger partial charge on any atom is -0.493 e. The molecule has 21 heavy (non-hydrogen) atoms. The molecule has 0 saturated carbocycles. The van der Waals surface area contributed by atoms with E-state index in [2.05, 4.69) is 16.7 Å². The Balaban J connectivity index is 0.00000220. The second-order valence-electron chi connectivity index (χ2n) is 5.01. The van der Waals surface area contributed by atoms with Gasteiger partial charge in [-0.15, -0.1) is 12.4 Å². The summed E-state index contributed by atoms with van der Waals surface area (Å²) >= 11 is 0. The molecule has 0 fully saturated rings. The third-order valence-corrected chi connectivity index (χ3v) is 3.26. The summed E-state index contributed by atoms with van der Waals surface area (Å²) in [6.45, 7) is 4.99. The average Bonchev–Trinajstić information content (AvgIpc) is 2.46. The van der Waals surface area contributed by atoms with Crippen LogP contribution in [0.5, 0.6) is 5.75 Å². The van der Waals surface area contributed by atoms with E-state index in [4.69, 9.17) is 4.74 Å². The van der Waals surface area contributed by atoms with Crippen LogP contribution in [0, 0.1) is 6.92 Å². The summed E-state index contributed by atoms with van der Waals surface area (Å²) in [4.78, 5) is 11.7. The van der Waals surface area contributed by atoms with Gasteiger partial charge < -0.3 is 15.4 Å². The summed E-state index contributed by atoms with van der Waals surface area (Å²) in [5.74, 6) is 0.857. The highest BCUT2D eigenvalue weighted by Gasteiger charge is 2.06. The Morgan fingerprint density at radius 3 is 3.00 bits per heavy atom. The van der Waals surface area contributed by atoms with Gasteiger partial charge in [-0.25, -0.2) is 0 Å². The standard InChI is InChI=1S/C16H22N2O2.ClH/c1-13-3-2-4-15(11-13)20-10-7-16(19)18-12-14-5-8-17-9-6-14;/h2-5,11,17H,6-10,12H2,1H3,(H,18,19);1H. The number of amides is 1. The summed E-state index contributed by atoms with van der Waals surface area (Å²) < 4.78 is 5.56. The Labute approximate surface area is 132 Å². The molecular weight excluding hydrogens is 288 g/mol. The lowest BCUT2D eigenvalue weighted by atomic mass is 10.1. The molecule has 1 aromatic carbocycles. The largest absolute Gasteiger partial charge is 0.493 e. The van der Waals surface area contributed by atoms with Gasteiger partial charge in [0.15, 0.2) is 0 Å². The number of rotatable bonds is 6. The van der Waals surface area contributed by atoms with Gasteiger partial charge in [-0.2, -0.15) is 0 Å². The van der Waals surface area contributed by atoms with E-state index in [0.29, 0.717) is 19.6 Å². The minimum absolute atomic E-state index is 0. The van der Waals surface area contributed by atoms with E-state index in [1.807, 2.05) is 31.2 Å². The molecule has 0 unspecified atom stereocenters. The monoisotopic (exact) mass is 310 g/mol. The molecule has 0 radical (unpaired) electrons. The van der Waals surface area contributed by atoms with Crippen molar-refractivity contribution in [2.24, 2.45) is 0 Å². The second kappa shape index (κ2) is 9.42. The molecule has 0 atom stereocenters.